The number of amides is 2. The number of methoxy groups -OCH3 is 2. The molecule has 3 aromatic rings. The standard InChI is InChI=1S/C22H19FN2O4/c1-28-18-11-12-19(20(13-18)29-2)25-22(27)15-5-3-14(4-6-15)21(26)24-17-9-7-16(23)8-10-17/h3-13H,1-2H3,(H,24,26)(H,25,27). The van der Waals surface area contributed by atoms with E-state index in [0.29, 0.717) is 34.0 Å². The molecule has 3 aromatic carbocycles. The summed E-state index contributed by atoms with van der Waals surface area (Å²) >= 11 is 0. The maximum atomic E-state index is 12.9. The van der Waals surface area contributed by atoms with Crippen molar-refractivity contribution in [2.24, 2.45) is 0 Å². The molecule has 0 bridgehead atoms. The molecule has 29 heavy (non-hydrogen) atoms. The Kier molecular flexibility index (Phi) is 6.09. The zero-order valence-electron chi connectivity index (χ0n) is 15.9. The van der Waals surface area contributed by atoms with Gasteiger partial charge in [-0.3, -0.25) is 9.59 Å². The minimum atomic E-state index is -0.383. The lowest BCUT2D eigenvalue weighted by atomic mass is 10.1. The van der Waals surface area contributed by atoms with Crippen molar-refractivity contribution in [2.75, 3.05) is 24.9 Å². The smallest absolute Gasteiger partial charge is 0.255 e. The van der Waals surface area contributed by atoms with Gasteiger partial charge in [-0.05, 0) is 60.7 Å². The number of carbonyl (C=O) groups is 2. The van der Waals surface area contributed by atoms with E-state index >= 15 is 0 Å². The second-order valence-corrected chi connectivity index (χ2v) is 6.06. The zero-order chi connectivity index (χ0) is 20.8. The van der Waals surface area contributed by atoms with Crippen LogP contribution in [0.1, 0.15) is 20.7 Å². The van der Waals surface area contributed by atoms with Crippen LogP contribution in [-0.4, -0.2) is 26.0 Å². The molecule has 0 spiro atoms. The molecule has 0 saturated carbocycles. The molecule has 0 aliphatic carbocycles. The molecular weight excluding hydrogens is 375 g/mol. The molecular formula is C22H19FN2O4. The summed E-state index contributed by atoms with van der Waals surface area (Å²) in [5.41, 5.74) is 1.72. The Morgan fingerprint density at radius 1 is 0.759 bits per heavy atom. The van der Waals surface area contributed by atoms with Gasteiger partial charge < -0.3 is 20.1 Å². The maximum Gasteiger partial charge on any atom is 0.255 e. The number of nitrogens with one attached hydrogen (secondary N) is 2. The van der Waals surface area contributed by atoms with Gasteiger partial charge in [-0.25, -0.2) is 4.39 Å². The van der Waals surface area contributed by atoms with Crippen molar-refractivity contribution < 1.29 is 23.5 Å². The van der Waals surface area contributed by atoms with Crippen molar-refractivity contribution >= 4 is 23.2 Å². The third-order valence-electron chi connectivity index (χ3n) is 4.17. The quantitative estimate of drug-likeness (QED) is 0.652. The van der Waals surface area contributed by atoms with Crippen molar-refractivity contribution in [1.82, 2.24) is 0 Å². The molecule has 0 heterocycles. The summed E-state index contributed by atoms with van der Waals surface area (Å²) in [4.78, 5) is 24.8. The van der Waals surface area contributed by atoms with Gasteiger partial charge in [-0.1, -0.05) is 0 Å². The summed E-state index contributed by atoms with van der Waals surface area (Å²) in [6.45, 7) is 0. The molecule has 2 amide bonds. The fourth-order valence-electron chi connectivity index (χ4n) is 2.61. The summed E-state index contributed by atoms with van der Waals surface area (Å²) in [5.74, 6) is -0.0180. The van der Waals surface area contributed by atoms with Gasteiger partial charge in [0, 0.05) is 22.9 Å². The number of halogens is 1. The van der Waals surface area contributed by atoms with Gasteiger partial charge in [0.05, 0.1) is 19.9 Å². The lowest BCUT2D eigenvalue weighted by molar-refractivity contribution is 0.101. The first kappa shape index (κ1) is 19.9. The van der Waals surface area contributed by atoms with Crippen LogP contribution in [0.25, 0.3) is 0 Å². The maximum absolute atomic E-state index is 12.9. The SMILES string of the molecule is COc1ccc(NC(=O)c2ccc(C(=O)Nc3ccc(F)cc3)cc2)c(OC)c1. The Bertz CT molecular complexity index is 1020. The monoisotopic (exact) mass is 394 g/mol. The average Bonchev–Trinajstić information content (AvgIpc) is 2.75. The summed E-state index contributed by atoms with van der Waals surface area (Å²) in [6.07, 6.45) is 0. The summed E-state index contributed by atoms with van der Waals surface area (Å²) in [5, 5.41) is 5.43. The molecule has 0 aliphatic heterocycles. The molecule has 148 valence electrons. The topological polar surface area (TPSA) is 76.7 Å². The molecule has 6 nitrogen and oxygen atoms in total. The van der Waals surface area contributed by atoms with Gasteiger partial charge >= 0.3 is 0 Å². The Morgan fingerprint density at radius 2 is 1.34 bits per heavy atom. The molecule has 0 unspecified atom stereocenters. The van der Waals surface area contributed by atoms with Crippen LogP contribution in [0, 0.1) is 5.82 Å². The van der Waals surface area contributed by atoms with Crippen LogP contribution < -0.4 is 20.1 Å². The van der Waals surface area contributed by atoms with Crippen molar-refractivity contribution in [3.05, 3.63) is 83.7 Å². The van der Waals surface area contributed by atoms with Gasteiger partial charge in [0.25, 0.3) is 11.8 Å². The minimum Gasteiger partial charge on any atom is -0.497 e. The van der Waals surface area contributed by atoms with Crippen LogP contribution in [0.15, 0.2) is 66.7 Å². The van der Waals surface area contributed by atoms with Crippen LogP contribution in [-0.2, 0) is 0 Å². The van der Waals surface area contributed by atoms with Crippen LogP contribution >= 0.6 is 0 Å². The van der Waals surface area contributed by atoms with Crippen molar-refractivity contribution in [3.63, 3.8) is 0 Å². The first-order valence-electron chi connectivity index (χ1n) is 8.70. The highest BCUT2D eigenvalue weighted by Crippen LogP contribution is 2.29. The highest BCUT2D eigenvalue weighted by Gasteiger charge is 2.12. The highest BCUT2D eigenvalue weighted by molar-refractivity contribution is 6.07. The lowest BCUT2D eigenvalue weighted by Crippen LogP contribution is -2.14. The van der Waals surface area contributed by atoms with E-state index in [1.54, 1.807) is 49.6 Å². The number of ether oxygens (including phenoxy) is 2. The van der Waals surface area contributed by atoms with Gasteiger partial charge in [-0.15, -0.1) is 0 Å². The van der Waals surface area contributed by atoms with Crippen molar-refractivity contribution in [3.8, 4) is 11.5 Å². The summed E-state index contributed by atoms with van der Waals surface area (Å²) in [6, 6.07) is 16.7. The van der Waals surface area contributed by atoms with E-state index in [9.17, 15) is 14.0 Å². The van der Waals surface area contributed by atoms with Crippen molar-refractivity contribution in [1.29, 1.82) is 0 Å². The number of anilines is 2. The summed E-state index contributed by atoms with van der Waals surface area (Å²) in [7, 11) is 3.04. The molecule has 0 saturated heterocycles. The predicted molar refractivity (Wildman–Crippen MR) is 108 cm³/mol. The lowest BCUT2D eigenvalue weighted by Gasteiger charge is -2.12. The normalized spacial score (nSPS) is 10.2. The summed E-state index contributed by atoms with van der Waals surface area (Å²) < 4.78 is 23.3. The molecule has 0 aromatic heterocycles. The fourth-order valence-corrected chi connectivity index (χ4v) is 2.61. The van der Waals surface area contributed by atoms with Gasteiger partial charge in [0.2, 0.25) is 0 Å². The van der Waals surface area contributed by atoms with E-state index in [1.165, 1.54) is 31.4 Å². The number of rotatable bonds is 6. The minimum absolute atomic E-state index is 0.348. The van der Waals surface area contributed by atoms with E-state index in [2.05, 4.69) is 10.6 Å². The van der Waals surface area contributed by atoms with Crippen LogP contribution in [0.2, 0.25) is 0 Å². The van der Waals surface area contributed by atoms with Crippen molar-refractivity contribution in [2.45, 2.75) is 0 Å². The second-order valence-electron chi connectivity index (χ2n) is 6.06. The Labute approximate surface area is 167 Å². The largest absolute Gasteiger partial charge is 0.497 e. The highest BCUT2D eigenvalue weighted by atomic mass is 19.1. The van der Waals surface area contributed by atoms with Crippen LogP contribution in [0.4, 0.5) is 15.8 Å². The van der Waals surface area contributed by atoms with E-state index < -0.39 is 0 Å². The number of carbonyl (C=O) groups excluding carboxylic acids is 2. The molecule has 0 radical (unpaired) electrons. The number of hydrogen-bond donors (Lipinski definition) is 2. The Hall–Kier alpha value is -3.87. The van der Waals surface area contributed by atoms with Crippen LogP contribution in [0.3, 0.4) is 0 Å². The molecule has 2 N–H and O–H groups in total. The second kappa shape index (κ2) is 8.88. The third-order valence-corrected chi connectivity index (χ3v) is 4.17. The Morgan fingerprint density at radius 3 is 1.90 bits per heavy atom. The predicted octanol–water partition coefficient (Wildman–Crippen LogP) is 4.35. The van der Waals surface area contributed by atoms with Gasteiger partial charge in [0.15, 0.2) is 0 Å². The third kappa shape index (κ3) is 4.90. The van der Waals surface area contributed by atoms with E-state index in [-0.39, 0.29) is 17.6 Å². The first-order chi connectivity index (χ1) is 14.0. The van der Waals surface area contributed by atoms with Crippen LogP contribution in [0.5, 0.6) is 11.5 Å². The number of hydrogen-bond acceptors (Lipinski definition) is 4. The van der Waals surface area contributed by atoms with Gasteiger partial charge in [-0.2, -0.15) is 0 Å². The fraction of sp³-hybridized carbons (Fsp3) is 0.0909. The Balaban J connectivity index is 1.68. The molecule has 7 heteroatoms. The van der Waals surface area contributed by atoms with E-state index in [1.807, 2.05) is 0 Å². The van der Waals surface area contributed by atoms with E-state index in [0.717, 1.165) is 0 Å². The zero-order valence-corrected chi connectivity index (χ0v) is 15.9. The average molecular weight is 394 g/mol. The van der Waals surface area contributed by atoms with E-state index in [4.69, 9.17) is 9.47 Å². The first-order valence-corrected chi connectivity index (χ1v) is 8.70. The molecule has 0 aliphatic rings. The van der Waals surface area contributed by atoms with Gasteiger partial charge in [0.1, 0.15) is 17.3 Å². The molecule has 0 fully saturated rings. The molecule has 0 atom stereocenters. The number of benzene rings is 3. The molecule has 3 rings (SSSR count).